The Balaban J connectivity index is 1.83. The summed E-state index contributed by atoms with van der Waals surface area (Å²) in [5.74, 6) is -0.894. The molecule has 3 aromatic rings. The molecule has 146 valence electrons. The maximum Gasteiger partial charge on any atom is 0.267 e. The number of nitrogens with one attached hydrogen (secondary N) is 2. The molecule has 2 aromatic carbocycles. The highest BCUT2D eigenvalue weighted by atomic mass is 32.2. The average molecular weight is 420 g/mol. The van der Waals surface area contributed by atoms with Gasteiger partial charge in [-0.2, -0.15) is 0 Å². The molecule has 0 aliphatic rings. The van der Waals surface area contributed by atoms with Gasteiger partial charge in [-0.25, -0.2) is 17.8 Å². The Morgan fingerprint density at radius 1 is 1.04 bits per heavy atom. The van der Waals surface area contributed by atoms with Crippen molar-refractivity contribution in [2.75, 3.05) is 10.0 Å². The van der Waals surface area contributed by atoms with Crippen LogP contribution in [0.3, 0.4) is 0 Å². The quantitative estimate of drug-likeness (QED) is 0.647. The minimum atomic E-state index is -3.93. The van der Waals surface area contributed by atoms with E-state index < -0.39 is 15.8 Å². The Labute approximate surface area is 166 Å². The molecule has 0 fully saturated rings. The number of hydrogen-bond acceptors (Lipinski definition) is 5. The standard InChI is InChI=1S/C19H18FN3O3S2/c1-11-5-4-6-12(2)16(11)22-18(24)17-13(3)21-19(27-17)23-28(25,26)15-9-7-14(20)8-10-15/h4-10H,1-3H3,(H,21,23)(H,22,24). The van der Waals surface area contributed by atoms with Crippen LogP contribution in [0.5, 0.6) is 0 Å². The van der Waals surface area contributed by atoms with Crippen molar-refractivity contribution in [2.24, 2.45) is 0 Å². The van der Waals surface area contributed by atoms with Gasteiger partial charge in [0.05, 0.1) is 10.6 Å². The molecule has 0 saturated heterocycles. The zero-order chi connectivity index (χ0) is 20.5. The number of thiazole rings is 1. The number of para-hydroxylation sites is 1. The van der Waals surface area contributed by atoms with Crippen molar-refractivity contribution in [2.45, 2.75) is 25.7 Å². The summed E-state index contributed by atoms with van der Waals surface area (Å²) in [6, 6.07) is 10.1. The maximum atomic E-state index is 13.0. The third-order valence-corrected chi connectivity index (χ3v) is 6.62. The Bertz CT molecular complexity index is 1120. The molecule has 0 aliphatic carbocycles. The predicted molar refractivity (Wildman–Crippen MR) is 108 cm³/mol. The highest BCUT2D eigenvalue weighted by Gasteiger charge is 2.21. The van der Waals surface area contributed by atoms with Crippen molar-refractivity contribution in [1.29, 1.82) is 0 Å². The molecular formula is C19H18FN3O3S2. The van der Waals surface area contributed by atoms with Gasteiger partial charge in [0, 0.05) is 5.69 Å². The second-order valence-electron chi connectivity index (χ2n) is 6.21. The van der Waals surface area contributed by atoms with E-state index in [4.69, 9.17) is 0 Å². The molecule has 0 aliphatic heterocycles. The summed E-state index contributed by atoms with van der Waals surface area (Å²) in [4.78, 5) is 17.0. The largest absolute Gasteiger partial charge is 0.321 e. The van der Waals surface area contributed by atoms with Gasteiger partial charge in [-0.1, -0.05) is 29.5 Å². The first-order chi connectivity index (χ1) is 13.2. The number of rotatable bonds is 5. The Hall–Kier alpha value is -2.78. The van der Waals surface area contributed by atoms with Crippen molar-refractivity contribution in [3.8, 4) is 0 Å². The smallest absolute Gasteiger partial charge is 0.267 e. The molecule has 28 heavy (non-hydrogen) atoms. The predicted octanol–water partition coefficient (Wildman–Crippen LogP) is 4.26. The number of aryl methyl sites for hydroxylation is 3. The van der Waals surface area contributed by atoms with Gasteiger partial charge in [0.25, 0.3) is 15.9 Å². The van der Waals surface area contributed by atoms with Crippen LogP contribution in [0.2, 0.25) is 0 Å². The van der Waals surface area contributed by atoms with Gasteiger partial charge in [0.2, 0.25) is 0 Å². The minimum absolute atomic E-state index is 0.0634. The fourth-order valence-electron chi connectivity index (χ4n) is 2.62. The van der Waals surface area contributed by atoms with Gasteiger partial charge in [-0.15, -0.1) is 0 Å². The first-order valence-electron chi connectivity index (χ1n) is 8.31. The van der Waals surface area contributed by atoms with E-state index in [1.807, 2.05) is 32.0 Å². The van der Waals surface area contributed by atoms with Crippen LogP contribution in [0.4, 0.5) is 15.2 Å². The van der Waals surface area contributed by atoms with E-state index in [2.05, 4.69) is 15.0 Å². The lowest BCUT2D eigenvalue weighted by Crippen LogP contribution is -2.13. The molecule has 1 aromatic heterocycles. The topological polar surface area (TPSA) is 88.2 Å². The van der Waals surface area contributed by atoms with E-state index >= 15 is 0 Å². The van der Waals surface area contributed by atoms with Crippen molar-refractivity contribution < 1.29 is 17.6 Å². The van der Waals surface area contributed by atoms with Gasteiger partial charge in [-0.3, -0.25) is 9.52 Å². The van der Waals surface area contributed by atoms with Crippen LogP contribution in [-0.2, 0) is 10.0 Å². The van der Waals surface area contributed by atoms with Crippen LogP contribution < -0.4 is 10.0 Å². The van der Waals surface area contributed by atoms with E-state index in [-0.39, 0.29) is 15.9 Å². The second-order valence-corrected chi connectivity index (χ2v) is 8.90. The third kappa shape index (κ3) is 4.20. The highest BCUT2D eigenvalue weighted by Crippen LogP contribution is 2.27. The van der Waals surface area contributed by atoms with Crippen LogP contribution in [0.15, 0.2) is 47.4 Å². The molecular weight excluding hydrogens is 401 g/mol. The Kier molecular flexibility index (Phi) is 5.48. The summed E-state index contributed by atoms with van der Waals surface area (Å²) in [5, 5.41) is 2.93. The molecule has 6 nitrogen and oxygen atoms in total. The lowest BCUT2D eigenvalue weighted by molar-refractivity contribution is 0.102. The maximum absolute atomic E-state index is 13.0. The fraction of sp³-hybridized carbons (Fsp3) is 0.158. The van der Waals surface area contributed by atoms with Gasteiger partial charge < -0.3 is 5.32 Å². The molecule has 0 unspecified atom stereocenters. The molecule has 0 radical (unpaired) electrons. The number of nitrogens with zero attached hydrogens (tertiary/aromatic N) is 1. The molecule has 1 heterocycles. The monoisotopic (exact) mass is 419 g/mol. The first-order valence-corrected chi connectivity index (χ1v) is 10.6. The molecule has 0 saturated carbocycles. The SMILES string of the molecule is Cc1cccc(C)c1NC(=O)c1sc(NS(=O)(=O)c2ccc(F)cc2)nc1C. The number of hydrogen-bond donors (Lipinski definition) is 2. The van der Waals surface area contributed by atoms with E-state index in [1.54, 1.807) is 6.92 Å². The molecule has 9 heteroatoms. The lowest BCUT2D eigenvalue weighted by atomic mass is 10.1. The number of benzene rings is 2. The Morgan fingerprint density at radius 3 is 2.25 bits per heavy atom. The van der Waals surface area contributed by atoms with Crippen molar-refractivity contribution in [3.05, 3.63) is 70.0 Å². The summed E-state index contributed by atoms with van der Waals surface area (Å²) in [6.07, 6.45) is 0. The molecule has 0 bridgehead atoms. The van der Waals surface area contributed by atoms with Crippen molar-refractivity contribution in [3.63, 3.8) is 0 Å². The fourth-order valence-corrected chi connectivity index (χ4v) is 4.72. The number of sulfonamides is 1. The van der Waals surface area contributed by atoms with E-state index in [9.17, 15) is 17.6 Å². The molecule has 1 amide bonds. The van der Waals surface area contributed by atoms with Crippen LogP contribution in [0, 0.1) is 26.6 Å². The van der Waals surface area contributed by atoms with Crippen LogP contribution in [0.25, 0.3) is 0 Å². The number of halogens is 1. The van der Waals surface area contributed by atoms with Gasteiger partial charge in [0.15, 0.2) is 5.13 Å². The molecule has 2 N–H and O–H groups in total. The molecule has 0 spiro atoms. The number of carbonyl (C=O) groups excluding carboxylic acids is 1. The summed E-state index contributed by atoms with van der Waals surface area (Å²) in [6.45, 7) is 5.42. The first kappa shape index (κ1) is 20.0. The van der Waals surface area contributed by atoms with E-state index in [0.29, 0.717) is 16.3 Å². The normalized spacial score (nSPS) is 11.3. The van der Waals surface area contributed by atoms with Crippen molar-refractivity contribution in [1.82, 2.24) is 4.98 Å². The average Bonchev–Trinajstić information content (AvgIpc) is 2.98. The second kappa shape index (κ2) is 7.69. The number of amides is 1. The molecule has 0 atom stereocenters. The number of anilines is 2. The summed E-state index contributed by atoms with van der Waals surface area (Å²) >= 11 is 0.936. The van der Waals surface area contributed by atoms with Gasteiger partial charge >= 0.3 is 0 Å². The Morgan fingerprint density at radius 2 is 1.64 bits per heavy atom. The van der Waals surface area contributed by atoms with E-state index in [0.717, 1.165) is 46.7 Å². The van der Waals surface area contributed by atoms with Gasteiger partial charge in [-0.05, 0) is 56.2 Å². The zero-order valence-electron chi connectivity index (χ0n) is 15.4. The van der Waals surface area contributed by atoms with Crippen LogP contribution in [-0.4, -0.2) is 19.3 Å². The summed E-state index contributed by atoms with van der Waals surface area (Å²) in [7, 11) is -3.93. The number of carbonyl (C=O) groups is 1. The van der Waals surface area contributed by atoms with Crippen LogP contribution in [0.1, 0.15) is 26.5 Å². The summed E-state index contributed by atoms with van der Waals surface area (Å²) < 4.78 is 40.2. The highest BCUT2D eigenvalue weighted by molar-refractivity contribution is 7.93. The summed E-state index contributed by atoms with van der Waals surface area (Å²) in [5.41, 5.74) is 2.97. The zero-order valence-corrected chi connectivity index (χ0v) is 17.0. The molecule has 3 rings (SSSR count). The third-order valence-electron chi connectivity index (χ3n) is 4.07. The van der Waals surface area contributed by atoms with Crippen LogP contribution >= 0.6 is 11.3 Å². The lowest BCUT2D eigenvalue weighted by Gasteiger charge is -2.10. The van der Waals surface area contributed by atoms with E-state index in [1.165, 1.54) is 0 Å². The van der Waals surface area contributed by atoms with Crippen molar-refractivity contribution >= 4 is 38.1 Å². The minimum Gasteiger partial charge on any atom is -0.321 e. The number of aromatic nitrogens is 1. The van der Waals surface area contributed by atoms with Gasteiger partial charge in [0.1, 0.15) is 10.7 Å².